The molecule has 12 nitrogen and oxygen atoms in total. The summed E-state index contributed by atoms with van der Waals surface area (Å²) in [7, 11) is -0.368. The molecule has 1 fully saturated rings. The first kappa shape index (κ1) is 29.7. The summed E-state index contributed by atoms with van der Waals surface area (Å²) in [5, 5.41) is 25.5. The van der Waals surface area contributed by atoms with E-state index >= 15 is 0 Å². The summed E-state index contributed by atoms with van der Waals surface area (Å²) in [5.74, 6) is -4.61. The van der Waals surface area contributed by atoms with E-state index in [1.165, 1.54) is 13.0 Å². The van der Waals surface area contributed by atoms with E-state index in [4.69, 9.17) is 9.31 Å². The maximum Gasteiger partial charge on any atom is 0.552 e. The third-order valence-electron chi connectivity index (χ3n) is 5.96. The third-order valence-corrected chi connectivity index (χ3v) is 5.96. The minimum atomic E-state index is -1.90. The molecule has 0 radical (unpaired) electrons. The fourth-order valence-corrected chi connectivity index (χ4v) is 4.00. The Balaban J connectivity index is 1.77. The molecular formula is C26H32BN3O9. The van der Waals surface area contributed by atoms with E-state index in [1.54, 1.807) is 12.1 Å². The van der Waals surface area contributed by atoms with Crippen LogP contribution in [-0.2, 0) is 28.4 Å². The average molecular weight is 541 g/mol. The largest absolute Gasteiger partial charge is 0.552 e. The van der Waals surface area contributed by atoms with Crippen molar-refractivity contribution in [2.75, 3.05) is 7.11 Å². The smallest absolute Gasteiger partial charge is 0.506 e. The summed E-state index contributed by atoms with van der Waals surface area (Å²) in [6.07, 6.45) is -4.63. The van der Waals surface area contributed by atoms with Gasteiger partial charge in [0.1, 0.15) is 11.7 Å². The summed E-state index contributed by atoms with van der Waals surface area (Å²) in [5.41, 5.74) is 1.38. The molecule has 0 aliphatic carbocycles. The fourth-order valence-electron chi connectivity index (χ4n) is 4.00. The first-order chi connectivity index (χ1) is 18.5. The summed E-state index contributed by atoms with van der Waals surface area (Å²) in [6, 6.07) is 12.7. The summed E-state index contributed by atoms with van der Waals surface area (Å²) in [6.45, 7) is 5.02. The number of amides is 2. The SMILES string of the molecule is COC(=O)[C@@H]1OB([C@H](CC(C)C)NC(=O)[C@@H](NC(=O)c2cccc(-c3ccccc3)n2)[C@@H](C)O)OC(=O)[C@H]1O. The molecule has 1 saturated heterocycles. The van der Waals surface area contributed by atoms with Gasteiger partial charge in [-0.2, -0.15) is 0 Å². The minimum absolute atomic E-state index is 0.0352. The van der Waals surface area contributed by atoms with Crippen LogP contribution in [0.2, 0.25) is 0 Å². The number of carbonyl (C=O) groups is 4. The Kier molecular flexibility index (Phi) is 10.2. The van der Waals surface area contributed by atoms with Crippen molar-refractivity contribution in [1.29, 1.82) is 0 Å². The number of nitrogens with one attached hydrogen (secondary N) is 2. The predicted octanol–water partition coefficient (Wildman–Crippen LogP) is 0.262. The molecule has 208 valence electrons. The van der Waals surface area contributed by atoms with Crippen molar-refractivity contribution in [2.24, 2.45) is 5.92 Å². The van der Waals surface area contributed by atoms with Crippen molar-refractivity contribution >= 4 is 30.9 Å². The van der Waals surface area contributed by atoms with Crippen molar-refractivity contribution in [3.05, 3.63) is 54.2 Å². The Hall–Kier alpha value is -3.81. The van der Waals surface area contributed by atoms with E-state index in [-0.39, 0.29) is 18.0 Å². The number of aromatic nitrogens is 1. The Morgan fingerprint density at radius 1 is 1.08 bits per heavy atom. The van der Waals surface area contributed by atoms with Crippen LogP contribution >= 0.6 is 0 Å². The van der Waals surface area contributed by atoms with Gasteiger partial charge >= 0.3 is 19.1 Å². The minimum Gasteiger partial charge on any atom is -0.506 e. The second-order valence-corrected chi connectivity index (χ2v) is 9.54. The van der Waals surface area contributed by atoms with Crippen molar-refractivity contribution in [3.63, 3.8) is 0 Å². The lowest BCUT2D eigenvalue weighted by Crippen LogP contribution is -2.63. The monoisotopic (exact) mass is 541 g/mol. The first-order valence-corrected chi connectivity index (χ1v) is 12.5. The van der Waals surface area contributed by atoms with E-state index in [2.05, 4.69) is 20.4 Å². The number of esters is 1. The zero-order valence-corrected chi connectivity index (χ0v) is 22.1. The average Bonchev–Trinajstić information content (AvgIpc) is 2.92. The zero-order chi connectivity index (χ0) is 28.7. The van der Waals surface area contributed by atoms with Gasteiger partial charge in [-0.05, 0) is 31.4 Å². The number of hydrogen-bond acceptors (Lipinski definition) is 10. The van der Waals surface area contributed by atoms with Crippen molar-refractivity contribution < 1.29 is 43.4 Å². The molecule has 0 bridgehead atoms. The molecule has 2 amide bonds. The van der Waals surface area contributed by atoms with Gasteiger partial charge in [-0.25, -0.2) is 9.78 Å². The molecular weight excluding hydrogens is 509 g/mol. The van der Waals surface area contributed by atoms with Crippen LogP contribution in [-0.4, -0.2) is 83.5 Å². The predicted molar refractivity (Wildman–Crippen MR) is 139 cm³/mol. The van der Waals surface area contributed by atoms with Gasteiger partial charge in [-0.3, -0.25) is 14.4 Å². The number of hydrogen-bond donors (Lipinski definition) is 4. The number of aliphatic hydroxyl groups excluding tert-OH is 2. The number of aliphatic hydroxyl groups is 2. The number of rotatable bonds is 10. The summed E-state index contributed by atoms with van der Waals surface area (Å²) >= 11 is 0. The molecule has 1 aliphatic rings. The van der Waals surface area contributed by atoms with Crippen LogP contribution in [0.25, 0.3) is 11.3 Å². The lowest BCUT2D eigenvalue weighted by Gasteiger charge is -2.34. The van der Waals surface area contributed by atoms with E-state index in [0.29, 0.717) is 5.69 Å². The highest BCUT2D eigenvalue weighted by Crippen LogP contribution is 2.20. The van der Waals surface area contributed by atoms with Crippen molar-refractivity contribution in [3.8, 4) is 11.3 Å². The topological polar surface area (TPSA) is 173 Å². The van der Waals surface area contributed by atoms with Gasteiger partial charge in [0.25, 0.3) is 5.91 Å². The van der Waals surface area contributed by atoms with E-state index < -0.39 is 61.2 Å². The zero-order valence-electron chi connectivity index (χ0n) is 22.1. The normalized spacial score (nSPS) is 19.5. The maximum atomic E-state index is 13.2. The first-order valence-electron chi connectivity index (χ1n) is 12.5. The van der Waals surface area contributed by atoms with Crippen LogP contribution in [0.1, 0.15) is 37.7 Å². The highest BCUT2D eigenvalue weighted by molar-refractivity contribution is 6.50. The van der Waals surface area contributed by atoms with Crippen LogP contribution < -0.4 is 10.6 Å². The molecule has 0 unspecified atom stereocenters. The van der Waals surface area contributed by atoms with E-state index in [1.807, 2.05) is 44.2 Å². The number of carbonyl (C=O) groups excluding carboxylic acids is 4. The molecule has 1 aliphatic heterocycles. The molecule has 1 aromatic heterocycles. The number of benzene rings is 1. The van der Waals surface area contributed by atoms with Gasteiger partial charge in [-0.1, -0.05) is 50.2 Å². The highest BCUT2D eigenvalue weighted by Gasteiger charge is 2.50. The molecule has 2 heterocycles. The maximum absolute atomic E-state index is 13.2. The van der Waals surface area contributed by atoms with Crippen LogP contribution in [0.15, 0.2) is 48.5 Å². The Bertz CT molecular complexity index is 1180. The van der Waals surface area contributed by atoms with Gasteiger partial charge in [0.05, 0.1) is 24.8 Å². The lowest BCUT2D eigenvalue weighted by molar-refractivity contribution is -0.174. The van der Waals surface area contributed by atoms with Gasteiger partial charge < -0.3 is 34.9 Å². The van der Waals surface area contributed by atoms with Gasteiger partial charge in [0.15, 0.2) is 12.2 Å². The molecule has 2 aromatic rings. The van der Waals surface area contributed by atoms with Crippen LogP contribution in [0.3, 0.4) is 0 Å². The van der Waals surface area contributed by atoms with Crippen LogP contribution in [0.4, 0.5) is 0 Å². The number of ether oxygens (including phenoxy) is 1. The van der Waals surface area contributed by atoms with Crippen LogP contribution in [0.5, 0.6) is 0 Å². The summed E-state index contributed by atoms with van der Waals surface area (Å²) < 4.78 is 15.2. The second kappa shape index (κ2) is 13.3. The Morgan fingerprint density at radius 3 is 2.38 bits per heavy atom. The molecule has 39 heavy (non-hydrogen) atoms. The summed E-state index contributed by atoms with van der Waals surface area (Å²) in [4.78, 5) is 54.8. The molecule has 1 aromatic carbocycles. The van der Waals surface area contributed by atoms with Gasteiger partial charge in [0, 0.05) is 5.56 Å². The quantitative estimate of drug-likeness (QED) is 0.241. The number of nitrogens with zero attached hydrogens (tertiary/aromatic N) is 1. The molecule has 13 heteroatoms. The molecule has 0 saturated carbocycles. The van der Waals surface area contributed by atoms with Crippen molar-refractivity contribution in [1.82, 2.24) is 15.6 Å². The third kappa shape index (κ3) is 7.62. The molecule has 5 atom stereocenters. The second-order valence-electron chi connectivity index (χ2n) is 9.54. The molecule has 3 rings (SSSR count). The van der Waals surface area contributed by atoms with Gasteiger partial charge in [0.2, 0.25) is 5.91 Å². The van der Waals surface area contributed by atoms with Gasteiger partial charge in [-0.15, -0.1) is 0 Å². The number of methoxy groups -OCH3 is 1. The molecule has 0 spiro atoms. The van der Waals surface area contributed by atoms with E-state index in [0.717, 1.165) is 12.7 Å². The van der Waals surface area contributed by atoms with Crippen molar-refractivity contribution in [2.45, 2.75) is 57.5 Å². The van der Waals surface area contributed by atoms with Crippen LogP contribution in [0, 0.1) is 5.92 Å². The lowest BCUT2D eigenvalue weighted by atomic mass is 9.72. The Morgan fingerprint density at radius 2 is 1.77 bits per heavy atom. The highest BCUT2D eigenvalue weighted by atomic mass is 16.7. The van der Waals surface area contributed by atoms with E-state index in [9.17, 15) is 29.4 Å². The standard InChI is InChI=1S/C26H32BN3O9/c1-14(2)13-19(27-38-22(26(36)37-4)21(32)25(35)39-27)29-24(34)20(15(3)31)30-23(33)18-12-8-11-17(28-18)16-9-6-5-7-10-16/h5-12,14-15,19-22,31-32H,13H2,1-4H3,(H,29,34)(H,30,33)/t15-,19+,20+,21+,22-/m1/s1. The molecule has 4 N–H and O–H groups in total. The number of pyridine rings is 1. The Labute approximate surface area is 226 Å². The fraction of sp³-hybridized carbons (Fsp3) is 0.423.